The molecule has 4 heteroatoms. The molecule has 0 aliphatic carbocycles. The summed E-state index contributed by atoms with van der Waals surface area (Å²) in [5, 5.41) is 3.37. The second-order valence-electron chi connectivity index (χ2n) is 4.62. The highest BCUT2D eigenvalue weighted by molar-refractivity contribution is 5.75. The summed E-state index contributed by atoms with van der Waals surface area (Å²) in [5.74, 6) is 0.196. The van der Waals surface area contributed by atoms with E-state index in [0.29, 0.717) is 5.75 Å². The van der Waals surface area contributed by atoms with Crippen LogP contribution in [0.1, 0.15) is 39.0 Å². The minimum Gasteiger partial charge on any atom is -0.484 e. The maximum atomic E-state index is 10.6. The van der Waals surface area contributed by atoms with E-state index in [9.17, 15) is 4.79 Å². The van der Waals surface area contributed by atoms with Crippen molar-refractivity contribution < 1.29 is 9.53 Å². The number of nitrogens with two attached hydrogens (primary N) is 1. The van der Waals surface area contributed by atoms with Gasteiger partial charge >= 0.3 is 0 Å². The SMILES string of the molecule is CCCCCCCNc1ccc(OCC(N)=O)cc1. The third kappa shape index (κ3) is 7.34. The summed E-state index contributed by atoms with van der Waals surface area (Å²) < 4.78 is 5.19. The van der Waals surface area contributed by atoms with Crippen LogP contribution in [-0.4, -0.2) is 19.1 Å². The van der Waals surface area contributed by atoms with Gasteiger partial charge in [0, 0.05) is 12.2 Å². The fourth-order valence-corrected chi connectivity index (χ4v) is 1.78. The van der Waals surface area contributed by atoms with Crippen LogP contribution >= 0.6 is 0 Å². The van der Waals surface area contributed by atoms with Gasteiger partial charge in [0.05, 0.1) is 0 Å². The van der Waals surface area contributed by atoms with Crippen LogP contribution < -0.4 is 15.8 Å². The maximum Gasteiger partial charge on any atom is 0.255 e. The number of carbonyl (C=O) groups excluding carboxylic acids is 1. The molecule has 19 heavy (non-hydrogen) atoms. The summed E-state index contributed by atoms with van der Waals surface area (Å²) in [4.78, 5) is 10.6. The number of hydrogen-bond donors (Lipinski definition) is 2. The van der Waals surface area contributed by atoms with Crippen molar-refractivity contribution in [3.05, 3.63) is 24.3 Å². The summed E-state index contributed by atoms with van der Waals surface area (Å²) in [6, 6.07) is 7.56. The number of anilines is 1. The molecule has 1 rings (SSSR count). The van der Waals surface area contributed by atoms with Crippen molar-refractivity contribution in [2.75, 3.05) is 18.5 Å². The molecule has 106 valence electrons. The van der Waals surface area contributed by atoms with Gasteiger partial charge in [0.2, 0.25) is 0 Å². The van der Waals surface area contributed by atoms with E-state index in [0.717, 1.165) is 12.2 Å². The molecule has 0 radical (unpaired) electrons. The summed E-state index contributed by atoms with van der Waals surface area (Å²) in [5.41, 5.74) is 6.08. The minimum atomic E-state index is -0.464. The second-order valence-corrected chi connectivity index (χ2v) is 4.62. The molecule has 0 saturated heterocycles. The quantitative estimate of drug-likeness (QED) is 0.639. The van der Waals surface area contributed by atoms with Gasteiger partial charge in [0.15, 0.2) is 6.61 Å². The van der Waals surface area contributed by atoms with Crippen LogP contribution in [0.5, 0.6) is 5.75 Å². The van der Waals surface area contributed by atoms with Gasteiger partial charge in [-0.1, -0.05) is 32.6 Å². The number of hydrogen-bond acceptors (Lipinski definition) is 3. The van der Waals surface area contributed by atoms with Crippen LogP contribution in [0.15, 0.2) is 24.3 Å². The van der Waals surface area contributed by atoms with E-state index >= 15 is 0 Å². The number of primary amides is 1. The number of carbonyl (C=O) groups is 1. The predicted molar refractivity (Wildman–Crippen MR) is 78.4 cm³/mol. The molecule has 0 spiro atoms. The highest BCUT2D eigenvalue weighted by atomic mass is 16.5. The zero-order chi connectivity index (χ0) is 13.9. The predicted octanol–water partition coefficient (Wildman–Crippen LogP) is 2.93. The van der Waals surface area contributed by atoms with E-state index in [4.69, 9.17) is 10.5 Å². The second kappa shape index (κ2) is 9.25. The van der Waals surface area contributed by atoms with Crippen molar-refractivity contribution >= 4 is 11.6 Å². The number of rotatable bonds is 10. The van der Waals surface area contributed by atoms with Crippen LogP contribution in [0.25, 0.3) is 0 Å². The van der Waals surface area contributed by atoms with E-state index in [-0.39, 0.29) is 6.61 Å². The summed E-state index contributed by atoms with van der Waals surface area (Å²) in [6.45, 7) is 3.13. The van der Waals surface area contributed by atoms with Gasteiger partial charge in [0.25, 0.3) is 5.91 Å². The van der Waals surface area contributed by atoms with Crippen molar-refractivity contribution in [1.29, 1.82) is 0 Å². The molecule has 0 aliphatic rings. The Labute approximate surface area is 115 Å². The lowest BCUT2D eigenvalue weighted by Gasteiger charge is -2.08. The Hall–Kier alpha value is -1.71. The molecule has 1 aromatic rings. The molecule has 4 nitrogen and oxygen atoms in total. The first kappa shape index (κ1) is 15.3. The first-order chi connectivity index (χ1) is 9.22. The molecule has 0 bridgehead atoms. The summed E-state index contributed by atoms with van der Waals surface area (Å²) in [7, 11) is 0. The molecule has 3 N–H and O–H groups in total. The summed E-state index contributed by atoms with van der Waals surface area (Å²) >= 11 is 0. The molecule has 0 atom stereocenters. The largest absolute Gasteiger partial charge is 0.484 e. The smallest absolute Gasteiger partial charge is 0.255 e. The van der Waals surface area contributed by atoms with Gasteiger partial charge in [-0.15, -0.1) is 0 Å². The lowest BCUT2D eigenvalue weighted by Crippen LogP contribution is -2.19. The maximum absolute atomic E-state index is 10.6. The van der Waals surface area contributed by atoms with Crippen LogP contribution in [-0.2, 0) is 4.79 Å². The lowest BCUT2D eigenvalue weighted by atomic mass is 10.1. The Morgan fingerprint density at radius 3 is 2.47 bits per heavy atom. The number of benzene rings is 1. The molecular weight excluding hydrogens is 240 g/mol. The minimum absolute atomic E-state index is 0.0792. The van der Waals surface area contributed by atoms with Crippen LogP contribution in [0.3, 0.4) is 0 Å². The van der Waals surface area contributed by atoms with E-state index in [1.165, 1.54) is 32.1 Å². The highest BCUT2D eigenvalue weighted by Gasteiger charge is 1.98. The fourth-order valence-electron chi connectivity index (χ4n) is 1.78. The van der Waals surface area contributed by atoms with Crippen LogP contribution in [0.2, 0.25) is 0 Å². The third-order valence-electron chi connectivity index (χ3n) is 2.84. The molecule has 0 fully saturated rings. The van der Waals surface area contributed by atoms with Gasteiger partial charge in [0.1, 0.15) is 5.75 Å². The van der Waals surface area contributed by atoms with Crippen molar-refractivity contribution in [3.63, 3.8) is 0 Å². The molecule has 0 saturated carbocycles. The van der Waals surface area contributed by atoms with E-state index in [1.54, 1.807) is 0 Å². The van der Waals surface area contributed by atoms with Gasteiger partial charge in [-0.25, -0.2) is 0 Å². The third-order valence-corrected chi connectivity index (χ3v) is 2.84. The lowest BCUT2D eigenvalue weighted by molar-refractivity contribution is -0.119. The first-order valence-electron chi connectivity index (χ1n) is 6.97. The van der Waals surface area contributed by atoms with Gasteiger partial charge < -0.3 is 15.8 Å². The zero-order valence-corrected chi connectivity index (χ0v) is 11.7. The molecule has 1 amide bonds. The van der Waals surface area contributed by atoms with Crippen molar-refractivity contribution in [1.82, 2.24) is 0 Å². The number of nitrogens with one attached hydrogen (secondary N) is 1. The molecule has 1 aromatic carbocycles. The number of unbranched alkanes of at least 4 members (excludes halogenated alkanes) is 4. The van der Waals surface area contributed by atoms with Gasteiger partial charge in [-0.2, -0.15) is 0 Å². The average Bonchev–Trinajstić information content (AvgIpc) is 2.41. The topological polar surface area (TPSA) is 64.3 Å². The Balaban J connectivity index is 2.19. The average molecular weight is 264 g/mol. The van der Waals surface area contributed by atoms with Crippen molar-refractivity contribution in [2.45, 2.75) is 39.0 Å². The Bertz CT molecular complexity index is 363. The Morgan fingerprint density at radius 1 is 1.16 bits per heavy atom. The van der Waals surface area contributed by atoms with Crippen LogP contribution in [0, 0.1) is 0 Å². The molecule has 0 heterocycles. The molecule has 0 unspecified atom stereocenters. The summed E-state index contributed by atoms with van der Waals surface area (Å²) in [6.07, 6.45) is 6.39. The highest BCUT2D eigenvalue weighted by Crippen LogP contribution is 2.15. The first-order valence-corrected chi connectivity index (χ1v) is 6.97. The van der Waals surface area contributed by atoms with Gasteiger partial charge in [-0.3, -0.25) is 4.79 Å². The van der Waals surface area contributed by atoms with E-state index in [1.807, 2.05) is 24.3 Å². The zero-order valence-electron chi connectivity index (χ0n) is 11.7. The number of amides is 1. The fraction of sp³-hybridized carbons (Fsp3) is 0.533. The molecule has 0 aromatic heterocycles. The van der Waals surface area contributed by atoms with Crippen LogP contribution in [0.4, 0.5) is 5.69 Å². The standard InChI is InChI=1S/C15H24N2O2/c1-2-3-4-5-6-11-17-13-7-9-14(10-8-13)19-12-15(16)18/h7-10,17H,2-6,11-12H2,1H3,(H2,16,18). The van der Waals surface area contributed by atoms with Gasteiger partial charge in [-0.05, 0) is 30.7 Å². The Morgan fingerprint density at radius 2 is 1.84 bits per heavy atom. The monoisotopic (exact) mass is 264 g/mol. The van der Waals surface area contributed by atoms with E-state index < -0.39 is 5.91 Å². The molecular formula is C15H24N2O2. The molecule has 0 aliphatic heterocycles. The Kier molecular flexibility index (Phi) is 7.47. The van der Waals surface area contributed by atoms with Crippen molar-refractivity contribution in [2.24, 2.45) is 5.73 Å². The normalized spacial score (nSPS) is 10.2. The number of ether oxygens (including phenoxy) is 1. The van der Waals surface area contributed by atoms with Crippen molar-refractivity contribution in [3.8, 4) is 5.75 Å². The van der Waals surface area contributed by atoms with E-state index in [2.05, 4.69) is 12.2 Å².